The summed E-state index contributed by atoms with van der Waals surface area (Å²) >= 11 is 0. The Morgan fingerprint density at radius 2 is 1.84 bits per heavy atom. The molecule has 1 saturated carbocycles. The van der Waals surface area contributed by atoms with Crippen LogP contribution in [0.15, 0.2) is 24.3 Å². The lowest BCUT2D eigenvalue weighted by Gasteiger charge is -2.14. The maximum atomic E-state index is 11.9. The SMILES string of the molecule is CCCC(=O)Nc1ccc(C2(C(=O)NC)CC2)cc1. The van der Waals surface area contributed by atoms with Crippen molar-refractivity contribution in [2.45, 2.75) is 38.0 Å². The van der Waals surface area contributed by atoms with E-state index in [1.165, 1.54) is 0 Å². The lowest BCUT2D eigenvalue weighted by atomic mass is 9.95. The monoisotopic (exact) mass is 260 g/mol. The van der Waals surface area contributed by atoms with E-state index in [1.807, 2.05) is 31.2 Å². The molecular formula is C15H20N2O2. The zero-order valence-corrected chi connectivity index (χ0v) is 11.5. The summed E-state index contributed by atoms with van der Waals surface area (Å²) in [6.45, 7) is 1.98. The molecule has 0 atom stereocenters. The highest BCUT2D eigenvalue weighted by molar-refractivity contribution is 5.92. The predicted molar refractivity (Wildman–Crippen MR) is 75.0 cm³/mol. The average molecular weight is 260 g/mol. The highest BCUT2D eigenvalue weighted by atomic mass is 16.2. The van der Waals surface area contributed by atoms with Crippen molar-refractivity contribution < 1.29 is 9.59 Å². The number of carbonyl (C=O) groups is 2. The fourth-order valence-corrected chi connectivity index (χ4v) is 2.33. The molecule has 102 valence electrons. The third kappa shape index (κ3) is 2.78. The lowest BCUT2D eigenvalue weighted by Crippen LogP contribution is -2.31. The van der Waals surface area contributed by atoms with Crippen LogP contribution in [0.2, 0.25) is 0 Å². The van der Waals surface area contributed by atoms with Gasteiger partial charge in [-0.3, -0.25) is 9.59 Å². The predicted octanol–water partition coefficient (Wildman–Crippen LogP) is 2.20. The normalized spacial score (nSPS) is 15.7. The maximum absolute atomic E-state index is 11.9. The van der Waals surface area contributed by atoms with Crippen LogP contribution in [0, 0.1) is 0 Å². The quantitative estimate of drug-likeness (QED) is 0.852. The number of carbonyl (C=O) groups excluding carboxylic acids is 2. The number of nitrogens with one attached hydrogen (secondary N) is 2. The first-order valence-corrected chi connectivity index (χ1v) is 6.75. The van der Waals surface area contributed by atoms with Gasteiger partial charge in [0, 0.05) is 19.2 Å². The van der Waals surface area contributed by atoms with Gasteiger partial charge in [-0.05, 0) is 37.0 Å². The Morgan fingerprint density at radius 3 is 2.32 bits per heavy atom. The molecule has 0 heterocycles. The maximum Gasteiger partial charge on any atom is 0.230 e. The van der Waals surface area contributed by atoms with Crippen LogP contribution in [0.1, 0.15) is 38.2 Å². The number of amides is 2. The second-order valence-electron chi connectivity index (χ2n) is 5.04. The molecule has 0 aliphatic heterocycles. The Balaban J connectivity index is 2.07. The van der Waals surface area contributed by atoms with Crippen molar-refractivity contribution in [3.05, 3.63) is 29.8 Å². The molecule has 1 fully saturated rings. The van der Waals surface area contributed by atoms with Crippen molar-refractivity contribution in [2.75, 3.05) is 12.4 Å². The molecule has 0 saturated heterocycles. The third-order valence-corrected chi connectivity index (χ3v) is 3.61. The zero-order chi connectivity index (χ0) is 13.9. The fraction of sp³-hybridized carbons (Fsp3) is 0.467. The molecule has 0 radical (unpaired) electrons. The molecule has 2 rings (SSSR count). The summed E-state index contributed by atoms with van der Waals surface area (Å²) in [4.78, 5) is 23.3. The van der Waals surface area contributed by atoms with Crippen LogP contribution in [0.3, 0.4) is 0 Å². The summed E-state index contributed by atoms with van der Waals surface area (Å²) in [7, 11) is 1.67. The first-order valence-electron chi connectivity index (χ1n) is 6.75. The molecule has 2 amide bonds. The van der Waals surface area contributed by atoms with Crippen LogP contribution in [0.25, 0.3) is 0 Å². The lowest BCUT2D eigenvalue weighted by molar-refractivity contribution is -0.123. The average Bonchev–Trinajstić information content (AvgIpc) is 3.20. The molecule has 0 bridgehead atoms. The third-order valence-electron chi connectivity index (χ3n) is 3.61. The first kappa shape index (κ1) is 13.6. The zero-order valence-electron chi connectivity index (χ0n) is 11.5. The van der Waals surface area contributed by atoms with Crippen LogP contribution in [0.5, 0.6) is 0 Å². The Morgan fingerprint density at radius 1 is 1.21 bits per heavy atom. The molecule has 1 aromatic carbocycles. The van der Waals surface area contributed by atoms with Crippen molar-refractivity contribution in [2.24, 2.45) is 0 Å². The molecule has 19 heavy (non-hydrogen) atoms. The van der Waals surface area contributed by atoms with Crippen LogP contribution >= 0.6 is 0 Å². The van der Waals surface area contributed by atoms with Gasteiger partial charge < -0.3 is 10.6 Å². The van der Waals surface area contributed by atoms with Gasteiger partial charge in [-0.25, -0.2) is 0 Å². The second kappa shape index (κ2) is 5.43. The van der Waals surface area contributed by atoms with Crippen molar-refractivity contribution in [1.82, 2.24) is 5.32 Å². The molecule has 1 aliphatic carbocycles. The van der Waals surface area contributed by atoms with Crippen molar-refractivity contribution in [3.8, 4) is 0 Å². The van der Waals surface area contributed by atoms with Crippen molar-refractivity contribution in [3.63, 3.8) is 0 Å². The Hall–Kier alpha value is -1.84. The minimum absolute atomic E-state index is 0.0303. The van der Waals surface area contributed by atoms with Gasteiger partial charge in [-0.2, -0.15) is 0 Å². The number of hydrogen-bond acceptors (Lipinski definition) is 2. The van der Waals surface area contributed by atoms with E-state index >= 15 is 0 Å². The van der Waals surface area contributed by atoms with Gasteiger partial charge in [0.2, 0.25) is 11.8 Å². The number of anilines is 1. The van der Waals surface area contributed by atoms with E-state index < -0.39 is 0 Å². The van der Waals surface area contributed by atoms with Crippen LogP contribution in [-0.2, 0) is 15.0 Å². The van der Waals surface area contributed by atoms with Crippen LogP contribution < -0.4 is 10.6 Å². The standard InChI is InChI=1S/C15H20N2O2/c1-3-4-13(18)17-12-7-5-11(6-8-12)15(9-10-15)14(19)16-2/h5-8H,3-4,9-10H2,1-2H3,(H,16,19)(H,17,18). The van der Waals surface area contributed by atoms with E-state index in [0.29, 0.717) is 6.42 Å². The van der Waals surface area contributed by atoms with E-state index in [9.17, 15) is 9.59 Å². The summed E-state index contributed by atoms with van der Waals surface area (Å²) in [5.74, 6) is 0.109. The summed E-state index contributed by atoms with van der Waals surface area (Å²) in [5, 5.41) is 5.57. The molecule has 1 aliphatic rings. The largest absolute Gasteiger partial charge is 0.358 e. The topological polar surface area (TPSA) is 58.2 Å². The minimum atomic E-state index is -0.333. The molecule has 1 aromatic rings. The summed E-state index contributed by atoms with van der Waals surface area (Å²) < 4.78 is 0. The van der Waals surface area contributed by atoms with Crippen molar-refractivity contribution in [1.29, 1.82) is 0 Å². The van der Waals surface area contributed by atoms with Gasteiger partial charge in [-0.15, -0.1) is 0 Å². The van der Waals surface area contributed by atoms with Gasteiger partial charge >= 0.3 is 0 Å². The Bertz CT molecular complexity index is 475. The molecule has 0 aromatic heterocycles. The molecule has 0 unspecified atom stereocenters. The van der Waals surface area contributed by atoms with E-state index in [4.69, 9.17) is 0 Å². The van der Waals surface area contributed by atoms with Crippen LogP contribution in [-0.4, -0.2) is 18.9 Å². The Kier molecular flexibility index (Phi) is 3.88. The van der Waals surface area contributed by atoms with Gasteiger partial charge in [0.05, 0.1) is 5.41 Å². The highest BCUT2D eigenvalue weighted by Gasteiger charge is 2.50. The Labute approximate surface area is 113 Å². The number of likely N-dealkylation sites (N-methyl/N-ethyl adjacent to an activating group) is 1. The summed E-state index contributed by atoms with van der Waals surface area (Å²) in [6.07, 6.45) is 3.16. The van der Waals surface area contributed by atoms with E-state index in [-0.39, 0.29) is 17.2 Å². The van der Waals surface area contributed by atoms with Crippen LogP contribution in [0.4, 0.5) is 5.69 Å². The molecule has 4 nitrogen and oxygen atoms in total. The van der Waals surface area contributed by atoms with E-state index in [1.54, 1.807) is 7.05 Å². The molecule has 2 N–H and O–H groups in total. The number of rotatable bonds is 5. The summed E-state index contributed by atoms with van der Waals surface area (Å²) in [5.41, 5.74) is 1.48. The molecular weight excluding hydrogens is 240 g/mol. The first-order chi connectivity index (χ1) is 9.12. The van der Waals surface area contributed by atoms with E-state index in [2.05, 4.69) is 10.6 Å². The minimum Gasteiger partial charge on any atom is -0.358 e. The number of hydrogen-bond donors (Lipinski definition) is 2. The second-order valence-corrected chi connectivity index (χ2v) is 5.04. The fourth-order valence-electron chi connectivity index (χ4n) is 2.33. The number of benzene rings is 1. The molecule has 4 heteroatoms. The van der Waals surface area contributed by atoms with E-state index in [0.717, 1.165) is 30.5 Å². The molecule has 0 spiro atoms. The highest BCUT2D eigenvalue weighted by Crippen LogP contribution is 2.48. The van der Waals surface area contributed by atoms with Gasteiger partial charge in [0.1, 0.15) is 0 Å². The van der Waals surface area contributed by atoms with Crippen molar-refractivity contribution >= 4 is 17.5 Å². The van der Waals surface area contributed by atoms with Gasteiger partial charge in [-0.1, -0.05) is 19.1 Å². The van der Waals surface area contributed by atoms with Gasteiger partial charge in [0.25, 0.3) is 0 Å². The summed E-state index contributed by atoms with van der Waals surface area (Å²) in [6, 6.07) is 7.60. The van der Waals surface area contributed by atoms with Gasteiger partial charge in [0.15, 0.2) is 0 Å². The smallest absolute Gasteiger partial charge is 0.230 e.